The average molecular weight is 558 g/mol. The predicted octanol–water partition coefficient (Wildman–Crippen LogP) is 0.777. The lowest BCUT2D eigenvalue weighted by molar-refractivity contribution is -0.0186. The van der Waals surface area contributed by atoms with Crippen LogP contribution in [0.2, 0.25) is 0 Å². The van der Waals surface area contributed by atoms with Crippen molar-refractivity contribution in [1.29, 1.82) is 5.26 Å². The summed E-state index contributed by atoms with van der Waals surface area (Å²) >= 11 is 0. The fourth-order valence-corrected chi connectivity index (χ4v) is 8.23. The standard InChI is InChI=1S/C27H35N5O6S/c1-25(2,36)15-32-22-20(21(30-32)23(34)29-14-19-5-3-18(13-28)4-6-19)7-12-31(24(22)35)16-26(8-9-26)39(37,38)27(17-33)10-11-27/h3-6,24,33,35-36H,7-12,14-17H2,1-2H3,(H,29,34). The van der Waals surface area contributed by atoms with E-state index in [0.29, 0.717) is 55.5 Å². The molecule has 2 aromatic rings. The number of aliphatic hydroxyl groups excluding tert-OH is 2. The minimum Gasteiger partial charge on any atom is -0.395 e. The fourth-order valence-electron chi connectivity index (χ4n) is 5.53. The molecule has 1 aromatic carbocycles. The maximum Gasteiger partial charge on any atom is 0.272 e. The zero-order valence-electron chi connectivity index (χ0n) is 22.2. The summed E-state index contributed by atoms with van der Waals surface area (Å²) in [6, 6.07) is 8.91. The molecular formula is C27H35N5O6S. The fraction of sp³-hybridized carbons (Fsp3) is 0.593. The Bertz CT molecular complexity index is 1410. The van der Waals surface area contributed by atoms with Crippen molar-refractivity contribution >= 4 is 15.7 Å². The van der Waals surface area contributed by atoms with Gasteiger partial charge in [0.2, 0.25) is 0 Å². The summed E-state index contributed by atoms with van der Waals surface area (Å²) in [6.45, 7) is 3.54. The minimum absolute atomic E-state index is 0.0280. The molecule has 1 unspecified atom stereocenters. The zero-order chi connectivity index (χ0) is 28.2. The first-order valence-corrected chi connectivity index (χ1v) is 14.7. The van der Waals surface area contributed by atoms with Gasteiger partial charge in [-0.05, 0) is 63.6 Å². The van der Waals surface area contributed by atoms with E-state index in [4.69, 9.17) is 5.26 Å². The Balaban J connectivity index is 1.39. The van der Waals surface area contributed by atoms with E-state index in [-0.39, 0.29) is 31.9 Å². The molecule has 39 heavy (non-hydrogen) atoms. The molecule has 0 radical (unpaired) electrons. The van der Waals surface area contributed by atoms with Gasteiger partial charge in [0, 0.05) is 25.2 Å². The molecule has 0 saturated heterocycles. The summed E-state index contributed by atoms with van der Waals surface area (Å²) in [6.07, 6.45) is 1.05. The Morgan fingerprint density at radius 1 is 1.21 bits per heavy atom. The van der Waals surface area contributed by atoms with E-state index in [0.717, 1.165) is 5.56 Å². The quantitative estimate of drug-likeness (QED) is 0.330. The van der Waals surface area contributed by atoms with Crippen LogP contribution in [-0.2, 0) is 29.3 Å². The third-order valence-electron chi connectivity index (χ3n) is 8.16. The highest BCUT2D eigenvalue weighted by atomic mass is 32.2. The summed E-state index contributed by atoms with van der Waals surface area (Å²) in [7, 11) is -3.60. The van der Waals surface area contributed by atoms with Gasteiger partial charge in [0.05, 0.1) is 45.6 Å². The molecule has 11 nitrogen and oxygen atoms in total. The van der Waals surface area contributed by atoms with Crippen LogP contribution in [0.1, 0.15) is 78.6 Å². The van der Waals surface area contributed by atoms with E-state index in [1.165, 1.54) is 4.68 Å². The largest absolute Gasteiger partial charge is 0.395 e. The molecule has 210 valence electrons. The second-order valence-electron chi connectivity index (χ2n) is 11.8. The first kappa shape index (κ1) is 27.7. The molecule has 2 heterocycles. The van der Waals surface area contributed by atoms with Crippen LogP contribution in [0.4, 0.5) is 0 Å². The summed E-state index contributed by atoms with van der Waals surface area (Å²) in [5, 5.41) is 48.1. The summed E-state index contributed by atoms with van der Waals surface area (Å²) in [5.41, 5.74) is 1.26. The number of carbonyl (C=O) groups is 1. The number of fused-ring (bicyclic) bond motifs is 1. The average Bonchev–Trinajstić information content (AvgIpc) is 3.81. The smallest absolute Gasteiger partial charge is 0.272 e. The van der Waals surface area contributed by atoms with Gasteiger partial charge < -0.3 is 20.6 Å². The van der Waals surface area contributed by atoms with Crippen LogP contribution in [0.3, 0.4) is 0 Å². The highest BCUT2D eigenvalue weighted by Crippen LogP contribution is 2.57. The van der Waals surface area contributed by atoms with Gasteiger partial charge in [-0.25, -0.2) is 8.42 Å². The number of benzene rings is 1. The SMILES string of the molecule is CC(C)(O)Cn1nc(C(=O)NCc2ccc(C#N)cc2)c2c1C(O)N(CC1(S(=O)(=O)C3(CO)CC3)CC1)CC2. The summed E-state index contributed by atoms with van der Waals surface area (Å²) in [5.74, 6) is -0.425. The van der Waals surface area contributed by atoms with Gasteiger partial charge in [0.15, 0.2) is 21.8 Å². The number of carbonyl (C=O) groups excluding carboxylic acids is 1. The van der Waals surface area contributed by atoms with Crippen molar-refractivity contribution in [3.63, 3.8) is 0 Å². The van der Waals surface area contributed by atoms with Gasteiger partial charge in [-0.2, -0.15) is 10.4 Å². The molecule has 2 fully saturated rings. The zero-order valence-corrected chi connectivity index (χ0v) is 23.0. The van der Waals surface area contributed by atoms with E-state index < -0.39 is 37.1 Å². The monoisotopic (exact) mass is 557 g/mol. The van der Waals surface area contributed by atoms with Crippen LogP contribution >= 0.6 is 0 Å². The molecule has 3 aliphatic rings. The molecule has 2 saturated carbocycles. The summed E-state index contributed by atoms with van der Waals surface area (Å²) < 4.78 is 26.3. The molecule has 2 aliphatic carbocycles. The van der Waals surface area contributed by atoms with Gasteiger partial charge in [-0.1, -0.05) is 12.1 Å². The molecule has 5 rings (SSSR count). The lowest BCUT2D eigenvalue weighted by atomic mass is 10.0. The molecule has 1 amide bonds. The van der Waals surface area contributed by atoms with E-state index in [1.54, 1.807) is 43.0 Å². The number of nitrogens with one attached hydrogen (secondary N) is 1. The predicted molar refractivity (Wildman–Crippen MR) is 141 cm³/mol. The van der Waals surface area contributed by atoms with Crippen LogP contribution < -0.4 is 5.32 Å². The number of hydrogen-bond donors (Lipinski definition) is 4. The Morgan fingerprint density at radius 3 is 2.38 bits per heavy atom. The lowest BCUT2D eigenvalue weighted by Gasteiger charge is -2.36. The van der Waals surface area contributed by atoms with E-state index in [1.807, 2.05) is 0 Å². The van der Waals surface area contributed by atoms with E-state index in [2.05, 4.69) is 16.5 Å². The normalized spacial score (nSPS) is 21.6. The van der Waals surface area contributed by atoms with E-state index in [9.17, 15) is 28.5 Å². The van der Waals surface area contributed by atoms with E-state index >= 15 is 0 Å². The third-order valence-corrected chi connectivity index (χ3v) is 11.5. The highest BCUT2D eigenvalue weighted by molar-refractivity contribution is 7.94. The number of aliphatic hydroxyl groups is 3. The molecule has 1 aliphatic heterocycles. The van der Waals surface area contributed by atoms with Gasteiger partial charge >= 0.3 is 0 Å². The molecular weight excluding hydrogens is 522 g/mol. The maximum absolute atomic E-state index is 13.4. The number of rotatable bonds is 10. The minimum atomic E-state index is -3.60. The Hall–Kier alpha value is -2.82. The highest BCUT2D eigenvalue weighted by Gasteiger charge is 2.67. The second kappa shape index (κ2) is 9.67. The van der Waals surface area contributed by atoms with Crippen molar-refractivity contribution in [2.24, 2.45) is 0 Å². The van der Waals surface area contributed by atoms with Crippen LogP contribution in [0.25, 0.3) is 0 Å². The van der Waals surface area contributed by atoms with Gasteiger partial charge in [-0.15, -0.1) is 0 Å². The number of amides is 1. The van der Waals surface area contributed by atoms with Crippen molar-refractivity contribution in [2.45, 2.75) is 80.4 Å². The lowest BCUT2D eigenvalue weighted by Crippen LogP contribution is -2.48. The number of hydrogen-bond acceptors (Lipinski definition) is 9. The van der Waals surface area contributed by atoms with Crippen LogP contribution in [0.15, 0.2) is 24.3 Å². The Kier molecular flexibility index (Phi) is 6.88. The second-order valence-corrected chi connectivity index (χ2v) is 14.5. The summed E-state index contributed by atoms with van der Waals surface area (Å²) in [4.78, 5) is 14.9. The molecule has 1 aromatic heterocycles. The van der Waals surface area contributed by atoms with Crippen molar-refractivity contribution in [3.8, 4) is 6.07 Å². The molecule has 0 spiro atoms. The van der Waals surface area contributed by atoms with Gasteiger partial charge in [-0.3, -0.25) is 14.4 Å². The third kappa shape index (κ3) is 4.98. The number of nitriles is 1. The number of sulfone groups is 1. The van der Waals surface area contributed by atoms with Crippen molar-refractivity contribution < 1.29 is 28.5 Å². The van der Waals surface area contributed by atoms with Crippen molar-refractivity contribution in [1.82, 2.24) is 20.0 Å². The molecule has 1 atom stereocenters. The topological polar surface area (TPSA) is 169 Å². The molecule has 12 heteroatoms. The van der Waals surface area contributed by atoms with Gasteiger partial charge in [0.25, 0.3) is 5.91 Å². The number of nitrogens with zero attached hydrogens (tertiary/aromatic N) is 4. The van der Waals surface area contributed by atoms with Crippen LogP contribution in [-0.4, -0.2) is 79.1 Å². The first-order chi connectivity index (χ1) is 18.4. The van der Waals surface area contributed by atoms with Crippen LogP contribution in [0, 0.1) is 11.3 Å². The van der Waals surface area contributed by atoms with Crippen LogP contribution in [0.5, 0.6) is 0 Å². The Morgan fingerprint density at radius 2 is 1.85 bits per heavy atom. The number of aromatic nitrogens is 2. The molecule has 4 N–H and O–H groups in total. The Labute approximate surface area is 228 Å². The van der Waals surface area contributed by atoms with Crippen molar-refractivity contribution in [3.05, 3.63) is 52.3 Å². The van der Waals surface area contributed by atoms with Crippen molar-refractivity contribution in [2.75, 3.05) is 19.7 Å². The first-order valence-electron chi connectivity index (χ1n) is 13.2. The maximum atomic E-state index is 13.4. The molecule has 0 bridgehead atoms. The van der Waals surface area contributed by atoms with Gasteiger partial charge in [0.1, 0.15) is 0 Å².